The van der Waals surface area contributed by atoms with Crippen LogP contribution >= 0.6 is 0 Å². The molecule has 0 spiro atoms. The predicted octanol–water partition coefficient (Wildman–Crippen LogP) is 4.43. The Morgan fingerprint density at radius 1 is 1.00 bits per heavy atom. The fourth-order valence-electron chi connectivity index (χ4n) is 5.62. The van der Waals surface area contributed by atoms with Crippen molar-refractivity contribution in [1.29, 1.82) is 0 Å². The average molecular weight is 489 g/mol. The van der Waals surface area contributed by atoms with Gasteiger partial charge >= 0.3 is 6.36 Å². The topological polar surface area (TPSA) is 46.6 Å². The molecular weight excluding hydrogens is 463 g/mol. The van der Waals surface area contributed by atoms with E-state index in [4.69, 9.17) is 14.2 Å². The van der Waals surface area contributed by atoms with Gasteiger partial charge in [0.25, 0.3) is 0 Å². The molecule has 186 valence electrons. The highest BCUT2D eigenvalue weighted by Crippen LogP contribution is 2.49. The number of ether oxygens (including phenoxy) is 3. The van der Waals surface area contributed by atoms with Gasteiger partial charge in [-0.05, 0) is 48.7 Å². The lowest BCUT2D eigenvalue weighted by atomic mass is 9.86. The number of anilines is 1. The molecule has 2 aromatic rings. The van der Waals surface area contributed by atoms with Crippen molar-refractivity contribution in [3.05, 3.63) is 46.5 Å². The second-order valence-corrected chi connectivity index (χ2v) is 9.08. The third-order valence-corrected chi connectivity index (χ3v) is 7.20. The van der Waals surface area contributed by atoms with E-state index in [1.165, 1.54) is 5.56 Å². The lowest BCUT2D eigenvalue weighted by Crippen LogP contribution is -2.48. The number of benzene rings is 2. The van der Waals surface area contributed by atoms with Crippen molar-refractivity contribution in [2.24, 2.45) is 0 Å². The van der Waals surface area contributed by atoms with Crippen molar-refractivity contribution >= 4 is 17.5 Å². The van der Waals surface area contributed by atoms with Gasteiger partial charge in [-0.3, -0.25) is 0 Å². The zero-order valence-electron chi connectivity index (χ0n) is 19.5. The molecule has 10 heteroatoms. The average Bonchev–Trinajstić information content (AvgIpc) is 3.29. The molecular formula is C25H26F3N3O4. The summed E-state index contributed by atoms with van der Waals surface area (Å²) in [6.07, 6.45) is -1.60. The van der Waals surface area contributed by atoms with Gasteiger partial charge in [0.05, 0.1) is 18.8 Å². The summed E-state index contributed by atoms with van der Waals surface area (Å²) in [5, 5.41) is 0.978. The molecule has 0 saturated carbocycles. The Morgan fingerprint density at radius 2 is 1.74 bits per heavy atom. The van der Waals surface area contributed by atoms with E-state index in [1.807, 2.05) is 6.07 Å². The number of fused-ring (bicyclic) bond motifs is 5. The molecule has 4 aliphatic rings. The van der Waals surface area contributed by atoms with Crippen LogP contribution in [0.15, 0.2) is 24.3 Å². The van der Waals surface area contributed by atoms with Crippen molar-refractivity contribution in [3.63, 3.8) is 0 Å². The van der Waals surface area contributed by atoms with Crippen LogP contribution in [0.2, 0.25) is 0 Å². The molecule has 2 aromatic carbocycles. The van der Waals surface area contributed by atoms with E-state index in [1.54, 1.807) is 7.11 Å². The lowest BCUT2D eigenvalue weighted by molar-refractivity contribution is -0.414. The summed E-state index contributed by atoms with van der Waals surface area (Å²) in [5.41, 5.74) is 6.68. The summed E-state index contributed by atoms with van der Waals surface area (Å²) in [6.45, 7) is 4.36. The molecule has 35 heavy (non-hydrogen) atoms. The maximum atomic E-state index is 12.7. The molecule has 0 bridgehead atoms. The van der Waals surface area contributed by atoms with E-state index in [0.29, 0.717) is 13.1 Å². The minimum absolute atomic E-state index is 0.0538. The van der Waals surface area contributed by atoms with Gasteiger partial charge in [0.15, 0.2) is 11.5 Å². The Morgan fingerprint density at radius 3 is 2.46 bits per heavy atom. The van der Waals surface area contributed by atoms with Crippen molar-refractivity contribution in [2.45, 2.75) is 25.7 Å². The second kappa shape index (κ2) is 8.23. The van der Waals surface area contributed by atoms with Crippen LogP contribution in [-0.4, -0.2) is 63.0 Å². The molecule has 0 aliphatic carbocycles. The van der Waals surface area contributed by atoms with Crippen LogP contribution in [0.1, 0.15) is 35.2 Å². The van der Waals surface area contributed by atoms with Gasteiger partial charge in [0.2, 0.25) is 6.79 Å². The zero-order chi connectivity index (χ0) is 24.3. The number of methoxy groups -OCH3 is 1. The number of hydrogen-bond donors (Lipinski definition) is 0. The lowest BCUT2D eigenvalue weighted by Gasteiger charge is -2.44. The number of hydrogen-bond acceptors (Lipinski definition) is 7. The molecule has 0 amide bonds. The molecule has 0 N–H and O–H groups in total. The smallest absolute Gasteiger partial charge is 0.495 e. The molecule has 0 radical (unpaired) electrons. The van der Waals surface area contributed by atoms with Gasteiger partial charge in [-0.25, -0.2) is 4.84 Å². The Balaban J connectivity index is 1.37. The van der Waals surface area contributed by atoms with E-state index in [2.05, 4.69) is 45.8 Å². The highest BCUT2D eigenvalue weighted by molar-refractivity contribution is 5.89. The summed E-state index contributed by atoms with van der Waals surface area (Å²) in [4.78, 5) is 8.63. The van der Waals surface area contributed by atoms with Gasteiger partial charge in [-0.2, -0.15) is 5.06 Å². The maximum Gasteiger partial charge on any atom is 0.539 e. The Bertz CT molecular complexity index is 1190. The van der Waals surface area contributed by atoms with Crippen LogP contribution < -0.4 is 19.1 Å². The Kier molecular flexibility index (Phi) is 5.26. The Hall–Kier alpha value is -3.11. The van der Waals surface area contributed by atoms with Crippen molar-refractivity contribution < 1.29 is 32.2 Å². The first-order chi connectivity index (χ1) is 16.8. The van der Waals surface area contributed by atoms with E-state index < -0.39 is 6.36 Å². The minimum Gasteiger partial charge on any atom is -0.495 e. The molecule has 0 aromatic heterocycles. The molecule has 1 saturated heterocycles. The van der Waals surface area contributed by atoms with Crippen LogP contribution in [0.25, 0.3) is 11.8 Å². The van der Waals surface area contributed by atoms with E-state index in [-0.39, 0.29) is 25.9 Å². The molecule has 4 heterocycles. The van der Waals surface area contributed by atoms with E-state index in [9.17, 15) is 13.2 Å². The highest BCUT2D eigenvalue weighted by atomic mass is 19.4. The standard InChI is InChI=1S/C25H26F3N3O4/c1-15-23-17(11-19-18-13-22-21(33-14-34-22)12-16(18)5-6-31(15)19)3-4-20(32-2)24(23)29-7-9-30(10-8-29)35-25(26,27)28/h3-4,11-13,15H,5-10,14H2,1-2H3. The monoisotopic (exact) mass is 489 g/mol. The fourth-order valence-corrected chi connectivity index (χ4v) is 5.62. The normalized spacial score (nSPS) is 21.3. The first kappa shape index (κ1) is 22.4. The largest absolute Gasteiger partial charge is 0.539 e. The summed E-state index contributed by atoms with van der Waals surface area (Å²) in [7, 11) is 1.63. The maximum absolute atomic E-state index is 12.7. The fraction of sp³-hybridized carbons (Fsp3) is 0.440. The van der Waals surface area contributed by atoms with Crippen LogP contribution in [0.4, 0.5) is 18.9 Å². The van der Waals surface area contributed by atoms with Crippen molar-refractivity contribution in [1.82, 2.24) is 9.96 Å². The van der Waals surface area contributed by atoms with Crippen LogP contribution in [-0.2, 0) is 11.3 Å². The number of nitrogens with zero attached hydrogens (tertiary/aromatic N) is 3. The quantitative estimate of drug-likeness (QED) is 0.632. The third kappa shape index (κ3) is 3.84. The minimum atomic E-state index is -4.68. The van der Waals surface area contributed by atoms with Crippen LogP contribution in [0, 0.1) is 0 Å². The number of hydroxylamine groups is 2. The van der Waals surface area contributed by atoms with Gasteiger partial charge in [0, 0.05) is 49.5 Å². The summed E-state index contributed by atoms with van der Waals surface area (Å²) >= 11 is 0. The van der Waals surface area contributed by atoms with Crippen molar-refractivity contribution in [3.8, 4) is 17.2 Å². The van der Waals surface area contributed by atoms with Crippen LogP contribution in [0.3, 0.4) is 0 Å². The van der Waals surface area contributed by atoms with Gasteiger partial charge in [0.1, 0.15) is 5.75 Å². The molecule has 4 aliphatic heterocycles. The number of halogens is 3. The molecule has 1 fully saturated rings. The summed E-state index contributed by atoms with van der Waals surface area (Å²) in [6, 6.07) is 8.20. The molecule has 7 nitrogen and oxygen atoms in total. The van der Waals surface area contributed by atoms with Crippen LogP contribution in [0.5, 0.6) is 17.2 Å². The SMILES string of the molecule is COc1ccc2c(c1N1CCN(OC(F)(F)F)CC1)C(C)N1CCc3cc4c(cc3C1=C2)OCO4. The van der Waals surface area contributed by atoms with E-state index >= 15 is 0 Å². The third-order valence-electron chi connectivity index (χ3n) is 7.20. The number of alkyl halides is 3. The van der Waals surface area contributed by atoms with Gasteiger partial charge in [-0.1, -0.05) is 6.07 Å². The molecule has 6 rings (SSSR count). The number of rotatable bonds is 3. The van der Waals surface area contributed by atoms with Gasteiger partial charge < -0.3 is 24.0 Å². The predicted molar refractivity (Wildman–Crippen MR) is 123 cm³/mol. The molecule has 1 atom stereocenters. The second-order valence-electron chi connectivity index (χ2n) is 9.08. The first-order valence-electron chi connectivity index (χ1n) is 11.7. The van der Waals surface area contributed by atoms with Crippen molar-refractivity contribution in [2.75, 3.05) is 51.5 Å². The van der Waals surface area contributed by atoms with Gasteiger partial charge in [-0.15, -0.1) is 13.2 Å². The Labute approximate surface area is 201 Å². The summed E-state index contributed by atoms with van der Waals surface area (Å²) < 4.78 is 54.9. The number of piperazine rings is 1. The van der Waals surface area contributed by atoms with E-state index in [0.717, 1.165) is 63.4 Å². The zero-order valence-corrected chi connectivity index (χ0v) is 19.5. The summed E-state index contributed by atoms with van der Waals surface area (Å²) in [5.74, 6) is 2.28. The molecule has 1 unspecified atom stereocenters. The highest BCUT2D eigenvalue weighted by Gasteiger charge is 2.38. The first-order valence-corrected chi connectivity index (χ1v) is 11.7.